The number of hydrogen-bond donors (Lipinski definition) is 0. The Balaban J connectivity index is -0.000000141. The van der Waals surface area contributed by atoms with Crippen LogP contribution in [-0.4, -0.2) is 14.4 Å². The van der Waals surface area contributed by atoms with Gasteiger partial charge in [0.2, 0.25) is 0 Å². The van der Waals surface area contributed by atoms with E-state index in [2.05, 4.69) is 33.9 Å². The van der Waals surface area contributed by atoms with E-state index in [1.807, 2.05) is 6.92 Å². The van der Waals surface area contributed by atoms with Crippen molar-refractivity contribution in [3.8, 4) is 0 Å². The van der Waals surface area contributed by atoms with Gasteiger partial charge < -0.3 is 46.8 Å². The van der Waals surface area contributed by atoms with Crippen LogP contribution in [0.4, 0.5) is 0 Å². The summed E-state index contributed by atoms with van der Waals surface area (Å²) in [6.07, 6.45) is 1.29. The van der Waals surface area contributed by atoms with Gasteiger partial charge in [-0.1, -0.05) is 26.8 Å². The van der Waals surface area contributed by atoms with Gasteiger partial charge in [-0.25, -0.2) is 0 Å². The van der Waals surface area contributed by atoms with E-state index in [0.29, 0.717) is 0 Å². The van der Waals surface area contributed by atoms with Gasteiger partial charge >= 0.3 is 21.7 Å². The van der Waals surface area contributed by atoms with Crippen LogP contribution >= 0.6 is 0 Å². The van der Waals surface area contributed by atoms with Crippen LogP contribution in [0.3, 0.4) is 0 Å². The maximum Gasteiger partial charge on any atom is 4.00 e. The van der Waals surface area contributed by atoms with E-state index in [0.717, 1.165) is 0 Å². The standard InChI is InChI=1S/C11H24O2Si.3ClH.Ti/c1-8-10(12)9(2)13-14(6,7)11(3,4)5;;;;/h8-9,12H,1-7H3;3*1H;/q;;;;+4/p-4/b10-8-;;;;/t9-;;;;/m0..../s1. The van der Waals surface area contributed by atoms with Crippen molar-refractivity contribution in [2.24, 2.45) is 0 Å². The van der Waals surface area contributed by atoms with Crippen LogP contribution in [0.2, 0.25) is 18.1 Å². The van der Waals surface area contributed by atoms with Gasteiger partial charge in [-0.2, -0.15) is 0 Å². The summed E-state index contributed by atoms with van der Waals surface area (Å²) in [4.78, 5) is 0. The molecule has 2 nitrogen and oxygen atoms in total. The molecule has 1 atom stereocenters. The van der Waals surface area contributed by atoms with Gasteiger partial charge in [-0.3, -0.25) is 0 Å². The predicted octanol–water partition coefficient (Wildman–Crippen LogP) is -6.33. The molecule has 0 spiro atoms. The van der Waals surface area contributed by atoms with Gasteiger partial charge in [0.25, 0.3) is 0 Å². The summed E-state index contributed by atoms with van der Waals surface area (Å²) < 4.78 is 5.91. The van der Waals surface area contributed by atoms with Gasteiger partial charge in [0.1, 0.15) is 0 Å². The summed E-state index contributed by atoms with van der Waals surface area (Å²) in [6, 6.07) is 0. The van der Waals surface area contributed by atoms with Gasteiger partial charge in [0.05, 0.1) is 6.10 Å². The Hall–Kier alpha value is 1.30. The average Bonchev–Trinajstić information content (AvgIpc) is 2.00. The fourth-order valence-corrected chi connectivity index (χ4v) is 2.27. The van der Waals surface area contributed by atoms with Crippen LogP contribution in [0, 0.1) is 0 Å². The van der Waals surface area contributed by atoms with Crippen LogP contribution in [-0.2, 0) is 26.1 Å². The molecule has 0 aromatic rings. The molecule has 0 aromatic carbocycles. The van der Waals surface area contributed by atoms with Crippen LogP contribution in [0.25, 0.3) is 0 Å². The molecule has 0 saturated heterocycles. The van der Waals surface area contributed by atoms with Crippen LogP contribution < -0.4 is 42.3 Å². The summed E-state index contributed by atoms with van der Waals surface area (Å²) in [7, 11) is -1.79. The van der Waals surface area contributed by atoms with E-state index >= 15 is 0 Å². The Morgan fingerprint density at radius 2 is 1.50 bits per heavy atom. The first-order valence-electron chi connectivity index (χ1n) is 5.13. The molecule has 0 aliphatic rings. The summed E-state index contributed by atoms with van der Waals surface area (Å²) in [5, 5.41) is 11.5. The smallest absolute Gasteiger partial charge is 1.00 e. The van der Waals surface area contributed by atoms with E-state index in [1.165, 1.54) is 0 Å². The summed E-state index contributed by atoms with van der Waals surface area (Å²) >= 11 is 0. The molecule has 0 saturated carbocycles. The van der Waals surface area contributed by atoms with Gasteiger partial charge in [-0.05, 0) is 32.0 Å². The fourth-order valence-electron chi connectivity index (χ4n) is 0.912. The third kappa shape index (κ3) is 10.1. The van der Waals surface area contributed by atoms with Crippen molar-refractivity contribution in [1.82, 2.24) is 0 Å². The zero-order chi connectivity index (χ0) is 11.6. The first kappa shape index (κ1) is 31.6. The van der Waals surface area contributed by atoms with E-state index < -0.39 is 8.32 Å². The van der Waals surface area contributed by atoms with E-state index in [9.17, 15) is 5.11 Å². The second-order valence-corrected chi connectivity index (χ2v) is 9.97. The van der Waals surface area contributed by atoms with Crippen LogP contribution in [0.5, 0.6) is 0 Å². The second-order valence-electron chi connectivity index (χ2n) is 5.21. The van der Waals surface area contributed by atoms with E-state index in [-0.39, 0.29) is 75.8 Å². The second kappa shape index (κ2) is 12.1. The Kier molecular flexibility index (Phi) is 21.2. The first-order valence-corrected chi connectivity index (χ1v) is 8.03. The molecule has 0 rings (SSSR count). The number of halogens is 3. The first-order chi connectivity index (χ1) is 6.12. The van der Waals surface area contributed by atoms with Crippen LogP contribution in [0.1, 0.15) is 34.6 Å². The zero-order valence-corrected chi connectivity index (χ0v) is 16.9. The molecule has 0 aliphatic carbocycles. The van der Waals surface area contributed by atoms with Crippen molar-refractivity contribution < 1.29 is 68.5 Å². The van der Waals surface area contributed by atoms with E-state index in [4.69, 9.17) is 4.43 Å². The minimum Gasteiger partial charge on any atom is -1.00 e. The summed E-state index contributed by atoms with van der Waals surface area (Å²) in [5.74, 6) is 0.0785. The van der Waals surface area contributed by atoms with Crippen molar-refractivity contribution >= 4 is 8.32 Å². The van der Waals surface area contributed by atoms with Crippen molar-refractivity contribution in [1.29, 1.82) is 0 Å². The summed E-state index contributed by atoms with van der Waals surface area (Å²) in [6.45, 7) is 14.4. The Morgan fingerprint density at radius 1 is 1.17 bits per heavy atom. The Morgan fingerprint density at radius 3 is 1.72 bits per heavy atom. The minimum absolute atomic E-state index is 0. The zero-order valence-electron chi connectivity index (χ0n) is 12.1. The molecule has 0 N–H and O–H groups in total. The minimum atomic E-state index is -1.79. The third-order valence-electron chi connectivity index (χ3n) is 2.96. The molecule has 0 bridgehead atoms. The number of allylic oxidation sites excluding steroid dienone is 1. The molecule has 0 aliphatic heterocycles. The van der Waals surface area contributed by atoms with Gasteiger partial charge in [-0.15, -0.1) is 5.76 Å². The molecule has 108 valence electrons. The molecular weight excluding hydrogens is 346 g/mol. The topological polar surface area (TPSA) is 32.3 Å². The SMILES string of the molecule is C/C=C(\[O-])[C@H](C)O[Si](C)(C)C(C)(C)C.[Cl-].[Cl-].[Cl-].[Ti+4]. The Labute approximate surface area is 147 Å². The molecular formula is C11H23Cl3O2SiTi. The largest absolute Gasteiger partial charge is 4.00 e. The molecule has 7 heteroatoms. The average molecular weight is 370 g/mol. The fraction of sp³-hybridized carbons (Fsp3) is 0.818. The molecule has 0 aromatic heterocycles. The van der Waals surface area contributed by atoms with Crippen molar-refractivity contribution in [2.45, 2.75) is 58.9 Å². The number of hydrogen-bond acceptors (Lipinski definition) is 2. The maximum atomic E-state index is 11.4. The van der Waals surface area contributed by atoms with Crippen molar-refractivity contribution in [3.63, 3.8) is 0 Å². The monoisotopic (exact) mass is 368 g/mol. The molecule has 0 radical (unpaired) electrons. The van der Waals surface area contributed by atoms with E-state index in [1.54, 1.807) is 13.0 Å². The predicted molar refractivity (Wildman–Crippen MR) is 61.5 cm³/mol. The number of rotatable bonds is 3. The van der Waals surface area contributed by atoms with Crippen molar-refractivity contribution in [2.75, 3.05) is 0 Å². The quantitative estimate of drug-likeness (QED) is 0.366. The maximum absolute atomic E-state index is 11.4. The normalized spacial score (nSPS) is 13.2. The third-order valence-corrected chi connectivity index (χ3v) is 7.52. The molecule has 0 amide bonds. The molecule has 0 unspecified atom stereocenters. The van der Waals surface area contributed by atoms with Gasteiger partial charge in [0, 0.05) is 0 Å². The Bertz CT molecular complexity index is 231. The van der Waals surface area contributed by atoms with Crippen molar-refractivity contribution in [3.05, 3.63) is 11.8 Å². The van der Waals surface area contributed by atoms with Crippen LogP contribution in [0.15, 0.2) is 11.8 Å². The van der Waals surface area contributed by atoms with Gasteiger partial charge in [0.15, 0.2) is 8.32 Å². The molecule has 0 heterocycles. The summed E-state index contributed by atoms with van der Waals surface area (Å²) in [5.41, 5.74) is 0. The molecule has 0 fully saturated rings. The molecule has 18 heavy (non-hydrogen) atoms.